The molecule has 0 fully saturated rings. The number of ether oxygens (including phenoxy) is 2. The Morgan fingerprint density at radius 3 is 2.61 bits per heavy atom. The molecule has 0 heterocycles. The molecule has 1 aromatic rings. The molecule has 1 atom stereocenters. The molecule has 5 nitrogen and oxygen atoms in total. The maximum Gasteiger partial charge on any atom is 0.311 e. The molecule has 1 amide bonds. The number of carbonyl (C=O) groups is 2. The summed E-state index contributed by atoms with van der Waals surface area (Å²) in [5, 5.41) is 2.75. The number of nitrogens with one attached hydrogen (secondary N) is 1. The first-order valence-corrected chi connectivity index (χ1v) is 8.15. The number of carbonyl (C=O) groups excluding carboxylic acids is 2. The van der Waals surface area contributed by atoms with E-state index < -0.39 is 12.1 Å². The fourth-order valence-electron chi connectivity index (χ4n) is 1.99. The summed E-state index contributed by atoms with van der Waals surface area (Å²) in [4.78, 5) is 23.7. The van der Waals surface area contributed by atoms with Crippen molar-refractivity contribution in [3.8, 4) is 5.75 Å². The third-order valence-electron chi connectivity index (χ3n) is 3.13. The van der Waals surface area contributed by atoms with Crippen molar-refractivity contribution in [2.75, 3.05) is 6.54 Å². The summed E-state index contributed by atoms with van der Waals surface area (Å²) < 4.78 is 10.8. The Kier molecular flexibility index (Phi) is 8.16. The third-order valence-corrected chi connectivity index (χ3v) is 3.13. The Bertz CT molecular complexity index is 513. The lowest BCUT2D eigenvalue weighted by Crippen LogP contribution is -2.36. The van der Waals surface area contributed by atoms with Crippen LogP contribution < -0.4 is 10.1 Å². The molecule has 23 heavy (non-hydrogen) atoms. The van der Waals surface area contributed by atoms with Crippen molar-refractivity contribution < 1.29 is 19.1 Å². The van der Waals surface area contributed by atoms with Crippen LogP contribution in [-0.4, -0.2) is 30.6 Å². The van der Waals surface area contributed by atoms with Crippen LogP contribution in [0.1, 0.15) is 46.1 Å². The zero-order valence-corrected chi connectivity index (χ0v) is 14.4. The molecule has 0 saturated carbocycles. The molecule has 0 spiro atoms. The normalized spacial score (nSPS) is 11.9. The van der Waals surface area contributed by atoms with Crippen molar-refractivity contribution >= 4 is 11.9 Å². The highest BCUT2D eigenvalue weighted by Crippen LogP contribution is 2.15. The summed E-state index contributed by atoms with van der Waals surface area (Å²) in [5.41, 5.74) is 0.798. The van der Waals surface area contributed by atoms with E-state index in [4.69, 9.17) is 9.47 Å². The van der Waals surface area contributed by atoms with E-state index in [1.807, 2.05) is 45.0 Å². The van der Waals surface area contributed by atoms with Crippen LogP contribution in [0.3, 0.4) is 0 Å². The molecule has 0 bridgehead atoms. The molecule has 0 saturated heterocycles. The number of benzene rings is 1. The number of unbranched alkanes of at least 4 members (excludes halogenated alkanes) is 1. The van der Waals surface area contributed by atoms with E-state index in [1.165, 1.54) is 0 Å². The Morgan fingerprint density at radius 1 is 1.22 bits per heavy atom. The highest BCUT2D eigenvalue weighted by Gasteiger charge is 2.17. The zero-order chi connectivity index (χ0) is 17.2. The Labute approximate surface area is 138 Å². The Hall–Kier alpha value is -2.04. The molecular formula is C18H27NO4. The largest absolute Gasteiger partial charge is 0.491 e. The van der Waals surface area contributed by atoms with Gasteiger partial charge in [0.2, 0.25) is 0 Å². The zero-order valence-electron chi connectivity index (χ0n) is 14.4. The predicted octanol–water partition coefficient (Wildman–Crippen LogP) is 2.86. The standard InChI is InChI=1S/C18H27NO4/c1-5-6-10-19-18(21)14(4)23-17(20)12-15-8-7-9-16(11-15)22-13(2)3/h7-9,11,13-14H,5-6,10,12H2,1-4H3,(H,19,21). The minimum Gasteiger partial charge on any atom is -0.491 e. The first kappa shape index (κ1) is 19.0. The molecule has 1 rings (SSSR count). The van der Waals surface area contributed by atoms with Crippen LogP contribution in [-0.2, 0) is 20.7 Å². The van der Waals surface area contributed by atoms with Crippen molar-refractivity contribution in [2.45, 2.75) is 59.2 Å². The van der Waals surface area contributed by atoms with Gasteiger partial charge in [-0.15, -0.1) is 0 Å². The molecule has 5 heteroatoms. The second-order valence-electron chi connectivity index (χ2n) is 5.77. The Balaban J connectivity index is 2.48. The van der Waals surface area contributed by atoms with E-state index in [0.29, 0.717) is 6.54 Å². The maximum absolute atomic E-state index is 11.9. The minimum atomic E-state index is -0.783. The Morgan fingerprint density at radius 2 is 1.96 bits per heavy atom. The van der Waals surface area contributed by atoms with E-state index in [1.54, 1.807) is 6.92 Å². The first-order chi connectivity index (χ1) is 10.9. The molecule has 0 radical (unpaired) electrons. The molecule has 0 aliphatic rings. The van der Waals surface area contributed by atoms with Gasteiger partial charge in [-0.1, -0.05) is 25.5 Å². The molecule has 0 aliphatic heterocycles. The van der Waals surface area contributed by atoms with Gasteiger partial charge in [-0.05, 0) is 44.9 Å². The van der Waals surface area contributed by atoms with Gasteiger partial charge < -0.3 is 14.8 Å². The topological polar surface area (TPSA) is 64.6 Å². The van der Waals surface area contributed by atoms with Gasteiger partial charge in [0.15, 0.2) is 6.10 Å². The predicted molar refractivity (Wildman–Crippen MR) is 89.4 cm³/mol. The third kappa shape index (κ3) is 7.68. The lowest BCUT2D eigenvalue weighted by Gasteiger charge is -2.14. The van der Waals surface area contributed by atoms with Crippen molar-refractivity contribution in [2.24, 2.45) is 0 Å². The second-order valence-corrected chi connectivity index (χ2v) is 5.77. The van der Waals surface area contributed by atoms with E-state index >= 15 is 0 Å². The smallest absolute Gasteiger partial charge is 0.311 e. The summed E-state index contributed by atoms with van der Waals surface area (Å²) in [6, 6.07) is 7.33. The SMILES string of the molecule is CCCCNC(=O)C(C)OC(=O)Cc1cccc(OC(C)C)c1. The highest BCUT2D eigenvalue weighted by molar-refractivity contribution is 5.83. The molecule has 1 unspecified atom stereocenters. The summed E-state index contributed by atoms with van der Waals surface area (Å²) >= 11 is 0. The number of esters is 1. The van der Waals surface area contributed by atoms with Gasteiger partial charge in [0, 0.05) is 6.54 Å². The van der Waals surface area contributed by atoms with Crippen molar-refractivity contribution in [1.29, 1.82) is 0 Å². The van der Waals surface area contributed by atoms with E-state index in [9.17, 15) is 9.59 Å². The van der Waals surface area contributed by atoms with E-state index in [0.717, 1.165) is 24.2 Å². The molecule has 1 N–H and O–H groups in total. The van der Waals surface area contributed by atoms with Crippen molar-refractivity contribution in [3.05, 3.63) is 29.8 Å². The minimum absolute atomic E-state index is 0.0732. The van der Waals surface area contributed by atoms with Crippen molar-refractivity contribution in [1.82, 2.24) is 5.32 Å². The van der Waals surface area contributed by atoms with Gasteiger partial charge in [0.1, 0.15) is 5.75 Å². The van der Waals surface area contributed by atoms with Crippen LogP contribution in [0.15, 0.2) is 24.3 Å². The van der Waals surface area contributed by atoms with Gasteiger partial charge in [-0.25, -0.2) is 0 Å². The molecular weight excluding hydrogens is 294 g/mol. The lowest BCUT2D eigenvalue weighted by atomic mass is 10.1. The summed E-state index contributed by atoms with van der Waals surface area (Å²) in [5.74, 6) is 0.0317. The van der Waals surface area contributed by atoms with E-state index in [-0.39, 0.29) is 18.4 Å². The maximum atomic E-state index is 11.9. The van der Waals surface area contributed by atoms with E-state index in [2.05, 4.69) is 5.32 Å². The highest BCUT2D eigenvalue weighted by atomic mass is 16.5. The van der Waals surface area contributed by atoms with Gasteiger partial charge in [0.05, 0.1) is 12.5 Å². The molecule has 128 valence electrons. The average molecular weight is 321 g/mol. The second kappa shape index (κ2) is 9.87. The van der Waals surface area contributed by atoms with Gasteiger partial charge in [0.25, 0.3) is 5.91 Å². The summed E-state index contributed by atoms with van der Waals surface area (Å²) in [6.45, 7) is 8.12. The molecule has 0 aliphatic carbocycles. The number of hydrogen-bond acceptors (Lipinski definition) is 4. The van der Waals surface area contributed by atoms with Crippen LogP contribution in [0.5, 0.6) is 5.75 Å². The molecule has 0 aromatic heterocycles. The molecule has 1 aromatic carbocycles. The summed E-state index contributed by atoms with van der Waals surface area (Å²) in [6.07, 6.45) is 1.32. The van der Waals surface area contributed by atoms with Crippen LogP contribution in [0.2, 0.25) is 0 Å². The van der Waals surface area contributed by atoms with Crippen molar-refractivity contribution in [3.63, 3.8) is 0 Å². The van der Waals surface area contributed by atoms with Gasteiger partial charge in [-0.2, -0.15) is 0 Å². The monoisotopic (exact) mass is 321 g/mol. The first-order valence-electron chi connectivity index (χ1n) is 8.15. The average Bonchev–Trinajstić information content (AvgIpc) is 2.46. The quantitative estimate of drug-likeness (QED) is 0.561. The fraction of sp³-hybridized carbons (Fsp3) is 0.556. The van der Waals surface area contributed by atoms with Crippen LogP contribution in [0.4, 0.5) is 0 Å². The van der Waals surface area contributed by atoms with Gasteiger partial charge in [-0.3, -0.25) is 9.59 Å². The lowest BCUT2D eigenvalue weighted by molar-refractivity contribution is -0.154. The number of rotatable bonds is 9. The number of hydrogen-bond donors (Lipinski definition) is 1. The van der Waals surface area contributed by atoms with Crippen LogP contribution in [0, 0.1) is 0 Å². The van der Waals surface area contributed by atoms with Crippen LogP contribution in [0.25, 0.3) is 0 Å². The fourth-order valence-corrected chi connectivity index (χ4v) is 1.99. The van der Waals surface area contributed by atoms with Crippen LogP contribution >= 0.6 is 0 Å². The van der Waals surface area contributed by atoms with Gasteiger partial charge >= 0.3 is 5.97 Å². The number of amides is 1. The summed E-state index contributed by atoms with van der Waals surface area (Å²) in [7, 11) is 0.